The van der Waals surface area contributed by atoms with Crippen LogP contribution < -0.4 is 5.32 Å². The van der Waals surface area contributed by atoms with Crippen LogP contribution in [0.25, 0.3) is 0 Å². The molecule has 1 saturated heterocycles. The highest BCUT2D eigenvalue weighted by molar-refractivity contribution is 5.55. The predicted molar refractivity (Wildman–Crippen MR) is 82.4 cm³/mol. The van der Waals surface area contributed by atoms with Crippen molar-refractivity contribution in [2.75, 3.05) is 26.2 Å². The number of hydrogen-bond donors (Lipinski definition) is 2. The molecule has 1 aliphatic carbocycles. The summed E-state index contributed by atoms with van der Waals surface area (Å²) in [6, 6.07) is 0. The zero-order valence-corrected chi connectivity index (χ0v) is 12.8. The van der Waals surface area contributed by atoms with Crippen molar-refractivity contribution in [3.8, 4) is 5.75 Å². The Balaban J connectivity index is 1.95. The first-order valence-electron chi connectivity index (χ1n) is 7.94. The first-order chi connectivity index (χ1) is 9.68. The number of benzene rings is 1. The van der Waals surface area contributed by atoms with Gasteiger partial charge < -0.3 is 10.4 Å². The molecule has 1 aromatic rings. The standard InChI is InChI=1S/C17H26N2O/c1-12-14-5-3-4-6-15(14)13(2)17(20)16(12)11-19-9-7-18-8-10-19/h18,20H,3-11H2,1-2H3. The van der Waals surface area contributed by atoms with Crippen LogP contribution in [0.5, 0.6) is 5.75 Å². The molecule has 0 aromatic heterocycles. The van der Waals surface area contributed by atoms with Crippen molar-refractivity contribution in [2.24, 2.45) is 0 Å². The van der Waals surface area contributed by atoms with Gasteiger partial charge in [0.25, 0.3) is 0 Å². The van der Waals surface area contributed by atoms with E-state index in [-0.39, 0.29) is 0 Å². The average Bonchev–Trinajstić information content (AvgIpc) is 2.50. The van der Waals surface area contributed by atoms with E-state index in [4.69, 9.17) is 0 Å². The summed E-state index contributed by atoms with van der Waals surface area (Å²) in [7, 11) is 0. The van der Waals surface area contributed by atoms with Gasteiger partial charge >= 0.3 is 0 Å². The van der Waals surface area contributed by atoms with Gasteiger partial charge in [-0.15, -0.1) is 0 Å². The van der Waals surface area contributed by atoms with E-state index in [0.717, 1.165) is 44.7 Å². The van der Waals surface area contributed by atoms with Gasteiger partial charge in [-0.25, -0.2) is 0 Å². The Morgan fingerprint density at radius 3 is 2.25 bits per heavy atom. The number of nitrogens with one attached hydrogen (secondary N) is 1. The highest BCUT2D eigenvalue weighted by Gasteiger charge is 2.22. The van der Waals surface area contributed by atoms with Crippen LogP contribution in [0.4, 0.5) is 0 Å². The van der Waals surface area contributed by atoms with E-state index in [2.05, 4.69) is 24.1 Å². The molecule has 1 fully saturated rings. The summed E-state index contributed by atoms with van der Waals surface area (Å²) in [5.74, 6) is 0.557. The molecule has 110 valence electrons. The summed E-state index contributed by atoms with van der Waals surface area (Å²) >= 11 is 0. The lowest BCUT2D eigenvalue weighted by Crippen LogP contribution is -2.43. The fourth-order valence-electron chi connectivity index (χ4n) is 3.75. The highest BCUT2D eigenvalue weighted by Crippen LogP contribution is 2.37. The molecule has 0 bridgehead atoms. The molecule has 20 heavy (non-hydrogen) atoms. The second kappa shape index (κ2) is 5.74. The molecule has 3 heteroatoms. The van der Waals surface area contributed by atoms with E-state index < -0.39 is 0 Å². The fraction of sp³-hybridized carbons (Fsp3) is 0.647. The summed E-state index contributed by atoms with van der Waals surface area (Å²) < 4.78 is 0. The van der Waals surface area contributed by atoms with Crippen LogP contribution in [0.3, 0.4) is 0 Å². The van der Waals surface area contributed by atoms with Gasteiger partial charge in [0.05, 0.1) is 0 Å². The van der Waals surface area contributed by atoms with Crippen molar-refractivity contribution in [2.45, 2.75) is 46.1 Å². The normalized spacial score (nSPS) is 19.9. The molecule has 1 aromatic carbocycles. The van der Waals surface area contributed by atoms with Crippen molar-refractivity contribution in [3.05, 3.63) is 27.8 Å². The summed E-state index contributed by atoms with van der Waals surface area (Å²) in [5.41, 5.74) is 6.61. The molecule has 0 spiro atoms. The molecule has 0 amide bonds. The maximum absolute atomic E-state index is 10.6. The van der Waals surface area contributed by atoms with Crippen LogP contribution in [-0.2, 0) is 19.4 Å². The van der Waals surface area contributed by atoms with Crippen LogP contribution in [0.15, 0.2) is 0 Å². The number of phenols is 1. The number of hydrogen-bond acceptors (Lipinski definition) is 3. The summed E-state index contributed by atoms with van der Waals surface area (Å²) in [4.78, 5) is 2.45. The van der Waals surface area contributed by atoms with Gasteiger partial charge in [0.15, 0.2) is 0 Å². The van der Waals surface area contributed by atoms with Gasteiger partial charge in [-0.1, -0.05) is 0 Å². The SMILES string of the molecule is Cc1c(O)c(CN2CCNCC2)c(C)c2c1CCCC2. The Morgan fingerprint density at radius 1 is 1.00 bits per heavy atom. The van der Waals surface area contributed by atoms with Gasteiger partial charge in [-0.05, 0) is 61.8 Å². The van der Waals surface area contributed by atoms with E-state index >= 15 is 0 Å². The minimum atomic E-state index is 0.557. The Labute approximate surface area is 122 Å². The predicted octanol–water partition coefficient (Wildman–Crippen LogP) is 2.29. The number of nitrogens with zero attached hydrogens (tertiary/aromatic N) is 1. The van der Waals surface area contributed by atoms with Gasteiger partial charge in [0.2, 0.25) is 0 Å². The van der Waals surface area contributed by atoms with Crippen molar-refractivity contribution < 1.29 is 5.11 Å². The molecule has 3 nitrogen and oxygen atoms in total. The fourth-order valence-corrected chi connectivity index (χ4v) is 3.75. The lowest BCUT2D eigenvalue weighted by atomic mass is 9.83. The van der Waals surface area contributed by atoms with Crippen molar-refractivity contribution in [1.82, 2.24) is 10.2 Å². The maximum Gasteiger partial charge on any atom is 0.123 e. The number of piperazine rings is 1. The van der Waals surface area contributed by atoms with Crippen LogP contribution in [0.1, 0.15) is 40.7 Å². The van der Waals surface area contributed by atoms with Crippen molar-refractivity contribution in [3.63, 3.8) is 0 Å². The van der Waals surface area contributed by atoms with Crippen LogP contribution in [0.2, 0.25) is 0 Å². The molecule has 1 aliphatic heterocycles. The van der Waals surface area contributed by atoms with Crippen LogP contribution in [-0.4, -0.2) is 36.2 Å². The van der Waals surface area contributed by atoms with Gasteiger partial charge in [-0.2, -0.15) is 0 Å². The molecular formula is C17H26N2O. The highest BCUT2D eigenvalue weighted by atomic mass is 16.3. The molecule has 0 saturated carbocycles. The Morgan fingerprint density at radius 2 is 1.60 bits per heavy atom. The average molecular weight is 274 g/mol. The van der Waals surface area contributed by atoms with E-state index in [1.807, 2.05) is 0 Å². The second-order valence-electron chi connectivity index (χ2n) is 6.27. The smallest absolute Gasteiger partial charge is 0.123 e. The number of aromatic hydroxyl groups is 1. The van der Waals surface area contributed by atoms with Gasteiger partial charge in [-0.3, -0.25) is 4.90 Å². The summed E-state index contributed by atoms with van der Waals surface area (Å²) in [5, 5.41) is 14.0. The van der Waals surface area contributed by atoms with Crippen molar-refractivity contribution >= 4 is 0 Å². The number of fused-ring (bicyclic) bond motifs is 1. The second-order valence-corrected chi connectivity index (χ2v) is 6.27. The third-order valence-electron chi connectivity index (χ3n) is 5.06. The summed E-state index contributed by atoms with van der Waals surface area (Å²) in [6.07, 6.45) is 4.90. The quantitative estimate of drug-likeness (QED) is 0.868. The molecular weight excluding hydrogens is 248 g/mol. The number of rotatable bonds is 2. The topological polar surface area (TPSA) is 35.5 Å². The Kier molecular flexibility index (Phi) is 3.99. The first-order valence-corrected chi connectivity index (χ1v) is 7.94. The van der Waals surface area contributed by atoms with E-state index in [9.17, 15) is 5.11 Å². The number of phenolic OH excluding ortho intramolecular Hbond substituents is 1. The van der Waals surface area contributed by atoms with Gasteiger partial charge in [0.1, 0.15) is 5.75 Å². The van der Waals surface area contributed by atoms with Gasteiger partial charge in [0, 0.05) is 38.3 Å². The summed E-state index contributed by atoms with van der Waals surface area (Å²) in [6.45, 7) is 9.48. The van der Waals surface area contributed by atoms with E-state index in [1.54, 1.807) is 0 Å². The first kappa shape index (κ1) is 13.9. The monoisotopic (exact) mass is 274 g/mol. The lowest BCUT2D eigenvalue weighted by Gasteiger charge is -2.30. The Hall–Kier alpha value is -1.06. The zero-order chi connectivity index (χ0) is 14.1. The molecule has 2 aliphatic rings. The zero-order valence-electron chi connectivity index (χ0n) is 12.8. The molecule has 0 atom stereocenters. The van der Waals surface area contributed by atoms with Crippen LogP contribution >= 0.6 is 0 Å². The van der Waals surface area contributed by atoms with E-state index in [0.29, 0.717) is 5.75 Å². The third kappa shape index (κ3) is 2.45. The lowest BCUT2D eigenvalue weighted by molar-refractivity contribution is 0.230. The maximum atomic E-state index is 10.6. The van der Waals surface area contributed by atoms with Crippen molar-refractivity contribution in [1.29, 1.82) is 0 Å². The molecule has 1 heterocycles. The molecule has 0 radical (unpaired) electrons. The minimum Gasteiger partial charge on any atom is -0.507 e. The molecule has 3 rings (SSSR count). The Bertz CT molecular complexity index is 504. The largest absolute Gasteiger partial charge is 0.507 e. The molecule has 2 N–H and O–H groups in total. The van der Waals surface area contributed by atoms with Crippen LogP contribution in [0, 0.1) is 13.8 Å². The molecule has 0 unspecified atom stereocenters. The minimum absolute atomic E-state index is 0.557. The van der Waals surface area contributed by atoms with E-state index in [1.165, 1.54) is 41.5 Å². The third-order valence-corrected chi connectivity index (χ3v) is 5.06.